The van der Waals surface area contributed by atoms with Gasteiger partial charge in [-0.15, -0.1) is 0 Å². The number of carbonyl (C=O) groups is 1. The number of carbonyl (C=O) groups excluding carboxylic acids is 1. The van der Waals surface area contributed by atoms with E-state index >= 15 is 0 Å². The molecule has 0 fully saturated rings. The average Bonchev–Trinajstić information content (AvgIpc) is 2.63. The molecule has 0 aliphatic carbocycles. The molecule has 26 heavy (non-hydrogen) atoms. The first-order chi connectivity index (χ1) is 12.6. The summed E-state index contributed by atoms with van der Waals surface area (Å²) in [5.74, 6) is 1.06. The van der Waals surface area contributed by atoms with Crippen molar-refractivity contribution in [1.82, 2.24) is 9.97 Å². The lowest BCUT2D eigenvalue weighted by Crippen LogP contribution is -2.36. The summed E-state index contributed by atoms with van der Waals surface area (Å²) in [5, 5.41) is 0. The SMILES string of the molecule is NCc1cc(Oc2cccc3c2CCC(=O)N3CCC[SH](=O)=O)ncn1. The molecule has 0 spiro atoms. The van der Waals surface area contributed by atoms with Gasteiger partial charge in [-0.05, 0) is 25.0 Å². The highest BCUT2D eigenvalue weighted by molar-refractivity contribution is 7.72. The first kappa shape index (κ1) is 18.3. The molecular formula is C17H20N4O4S. The van der Waals surface area contributed by atoms with E-state index in [1.807, 2.05) is 12.1 Å². The Morgan fingerprint density at radius 1 is 1.23 bits per heavy atom. The third-order valence-corrected chi connectivity index (χ3v) is 4.82. The first-order valence-corrected chi connectivity index (χ1v) is 9.67. The molecule has 9 heteroatoms. The van der Waals surface area contributed by atoms with Crippen LogP contribution in [0.5, 0.6) is 11.6 Å². The molecule has 138 valence electrons. The molecule has 8 nitrogen and oxygen atoms in total. The molecule has 1 amide bonds. The summed E-state index contributed by atoms with van der Waals surface area (Å²) in [6, 6.07) is 7.15. The number of nitrogens with zero attached hydrogens (tertiary/aromatic N) is 3. The minimum atomic E-state index is -2.44. The molecule has 1 aliphatic heterocycles. The van der Waals surface area contributed by atoms with E-state index in [9.17, 15) is 13.2 Å². The summed E-state index contributed by atoms with van der Waals surface area (Å²) in [6.45, 7) is 0.652. The second kappa shape index (κ2) is 8.24. The van der Waals surface area contributed by atoms with Crippen molar-refractivity contribution in [2.24, 2.45) is 5.73 Å². The third kappa shape index (κ3) is 4.17. The summed E-state index contributed by atoms with van der Waals surface area (Å²) in [6.07, 6.45) is 2.72. The molecule has 1 aliphatic rings. The van der Waals surface area contributed by atoms with Gasteiger partial charge in [0, 0.05) is 36.9 Å². The Bertz CT molecular complexity index is 877. The van der Waals surface area contributed by atoms with Gasteiger partial charge in [-0.1, -0.05) is 6.07 Å². The maximum Gasteiger partial charge on any atom is 0.227 e. The van der Waals surface area contributed by atoms with E-state index in [0.29, 0.717) is 43.1 Å². The highest BCUT2D eigenvalue weighted by Gasteiger charge is 2.26. The molecule has 1 aromatic carbocycles. The Hall–Kier alpha value is -2.52. The van der Waals surface area contributed by atoms with Gasteiger partial charge >= 0.3 is 0 Å². The second-order valence-electron chi connectivity index (χ2n) is 5.86. The summed E-state index contributed by atoms with van der Waals surface area (Å²) in [7, 11) is -2.44. The summed E-state index contributed by atoms with van der Waals surface area (Å²) in [5.41, 5.74) is 7.93. The van der Waals surface area contributed by atoms with E-state index in [-0.39, 0.29) is 18.2 Å². The van der Waals surface area contributed by atoms with Gasteiger partial charge in [-0.25, -0.2) is 18.4 Å². The lowest BCUT2D eigenvalue weighted by atomic mass is 10.00. The van der Waals surface area contributed by atoms with Gasteiger partial charge in [0.1, 0.15) is 22.8 Å². The summed E-state index contributed by atoms with van der Waals surface area (Å²) in [4.78, 5) is 22.1. The van der Waals surface area contributed by atoms with Crippen LogP contribution < -0.4 is 15.4 Å². The number of hydrogen-bond acceptors (Lipinski definition) is 7. The Kier molecular flexibility index (Phi) is 5.79. The number of nitrogens with two attached hydrogens (primary N) is 1. The molecule has 3 rings (SSSR count). The number of aromatic nitrogens is 2. The monoisotopic (exact) mass is 376 g/mol. The number of hydrogen-bond donors (Lipinski definition) is 2. The fourth-order valence-corrected chi connectivity index (χ4v) is 3.31. The van der Waals surface area contributed by atoms with Crippen molar-refractivity contribution < 1.29 is 17.9 Å². The minimum absolute atomic E-state index is 0.0109. The van der Waals surface area contributed by atoms with Gasteiger partial charge in [0.25, 0.3) is 0 Å². The molecule has 0 unspecified atom stereocenters. The zero-order valence-corrected chi connectivity index (χ0v) is 15.0. The van der Waals surface area contributed by atoms with Crippen LogP contribution in [-0.2, 0) is 28.5 Å². The fourth-order valence-electron chi connectivity index (χ4n) is 2.92. The van der Waals surface area contributed by atoms with E-state index < -0.39 is 10.7 Å². The molecule has 2 aromatic rings. The van der Waals surface area contributed by atoms with Gasteiger partial charge in [-0.2, -0.15) is 0 Å². The van der Waals surface area contributed by atoms with Crippen LogP contribution in [0.15, 0.2) is 30.6 Å². The number of ether oxygens (including phenoxy) is 1. The van der Waals surface area contributed by atoms with Gasteiger partial charge in [0.05, 0.1) is 11.4 Å². The van der Waals surface area contributed by atoms with Crippen LogP contribution in [0.4, 0.5) is 5.69 Å². The maximum atomic E-state index is 12.3. The lowest BCUT2D eigenvalue weighted by Gasteiger charge is -2.30. The van der Waals surface area contributed by atoms with Crippen LogP contribution in [0, 0.1) is 0 Å². The number of fused-ring (bicyclic) bond motifs is 1. The Morgan fingerprint density at radius 2 is 2.08 bits per heavy atom. The normalized spacial score (nSPS) is 13.8. The summed E-state index contributed by atoms with van der Waals surface area (Å²) >= 11 is 0. The zero-order chi connectivity index (χ0) is 18.5. The average molecular weight is 376 g/mol. The van der Waals surface area contributed by atoms with Crippen molar-refractivity contribution in [1.29, 1.82) is 0 Å². The van der Waals surface area contributed by atoms with Crippen LogP contribution in [0.2, 0.25) is 0 Å². The van der Waals surface area contributed by atoms with Crippen molar-refractivity contribution in [3.05, 3.63) is 41.9 Å². The number of thiol groups is 1. The second-order valence-corrected chi connectivity index (χ2v) is 6.98. The minimum Gasteiger partial charge on any atom is -0.439 e. The van der Waals surface area contributed by atoms with Crippen molar-refractivity contribution in [3.8, 4) is 11.6 Å². The van der Waals surface area contributed by atoms with Crippen LogP contribution in [0.25, 0.3) is 0 Å². The smallest absolute Gasteiger partial charge is 0.227 e. The van der Waals surface area contributed by atoms with E-state index in [4.69, 9.17) is 10.5 Å². The highest BCUT2D eigenvalue weighted by atomic mass is 32.2. The van der Waals surface area contributed by atoms with Crippen LogP contribution in [0.1, 0.15) is 24.1 Å². The van der Waals surface area contributed by atoms with Gasteiger partial charge in [0.2, 0.25) is 11.8 Å². The molecule has 0 radical (unpaired) electrons. The summed E-state index contributed by atoms with van der Waals surface area (Å²) < 4.78 is 27.4. The van der Waals surface area contributed by atoms with Gasteiger partial charge in [0.15, 0.2) is 0 Å². The molecular weight excluding hydrogens is 356 g/mol. The molecule has 1 aromatic heterocycles. The topological polar surface area (TPSA) is 115 Å². The standard InChI is InChI=1S/C17H20N4O4S/c18-10-12-9-16(20-11-19-12)25-15-4-1-3-14-13(15)5-6-17(22)21(14)7-2-8-26(23)24/h1,3-4,9,11,26H,2,5-8,10,18H2. The van der Waals surface area contributed by atoms with Crippen LogP contribution in [0.3, 0.4) is 0 Å². The predicted octanol–water partition coefficient (Wildman–Crippen LogP) is 1.01. The number of rotatable bonds is 7. The van der Waals surface area contributed by atoms with Gasteiger partial charge < -0.3 is 15.4 Å². The van der Waals surface area contributed by atoms with E-state index in [0.717, 1.165) is 11.3 Å². The van der Waals surface area contributed by atoms with Crippen molar-refractivity contribution in [2.45, 2.75) is 25.8 Å². The van der Waals surface area contributed by atoms with E-state index in [1.54, 1.807) is 17.0 Å². The molecule has 0 saturated heterocycles. The number of anilines is 1. The largest absolute Gasteiger partial charge is 0.439 e. The van der Waals surface area contributed by atoms with E-state index in [1.165, 1.54) is 6.33 Å². The van der Waals surface area contributed by atoms with Crippen molar-refractivity contribution in [3.63, 3.8) is 0 Å². The van der Waals surface area contributed by atoms with Crippen LogP contribution >= 0.6 is 0 Å². The predicted molar refractivity (Wildman–Crippen MR) is 96.9 cm³/mol. The van der Waals surface area contributed by atoms with E-state index in [2.05, 4.69) is 9.97 Å². The highest BCUT2D eigenvalue weighted by Crippen LogP contribution is 2.36. The molecule has 0 saturated carbocycles. The van der Waals surface area contributed by atoms with Crippen LogP contribution in [-0.4, -0.2) is 36.6 Å². The van der Waals surface area contributed by atoms with Crippen molar-refractivity contribution >= 4 is 22.3 Å². The molecule has 0 bridgehead atoms. The number of benzene rings is 1. The van der Waals surface area contributed by atoms with Crippen molar-refractivity contribution in [2.75, 3.05) is 17.2 Å². The third-order valence-electron chi connectivity index (χ3n) is 4.13. The molecule has 0 atom stereocenters. The number of amides is 1. The lowest BCUT2D eigenvalue weighted by molar-refractivity contribution is -0.118. The Morgan fingerprint density at radius 3 is 2.85 bits per heavy atom. The maximum absolute atomic E-state index is 12.3. The molecule has 2 heterocycles. The Labute approximate surface area is 153 Å². The Balaban J connectivity index is 1.85. The van der Waals surface area contributed by atoms with Gasteiger partial charge in [-0.3, -0.25) is 4.79 Å². The fraction of sp³-hybridized carbons (Fsp3) is 0.353. The first-order valence-electron chi connectivity index (χ1n) is 8.31. The zero-order valence-electron chi connectivity index (χ0n) is 14.1. The molecule has 2 N–H and O–H groups in total. The quantitative estimate of drug-likeness (QED) is 0.693.